The molecule has 0 aliphatic carbocycles. The number of pyridine rings is 1. The van der Waals surface area contributed by atoms with Gasteiger partial charge in [0.15, 0.2) is 11.6 Å². The van der Waals surface area contributed by atoms with Gasteiger partial charge in [-0.25, -0.2) is 14.6 Å². The first-order valence-corrected chi connectivity index (χ1v) is 8.69. The second kappa shape index (κ2) is 7.77. The van der Waals surface area contributed by atoms with E-state index in [1.807, 2.05) is 48.3 Å². The Morgan fingerprint density at radius 1 is 0.963 bits per heavy atom. The molecule has 8 heteroatoms. The predicted octanol–water partition coefficient (Wildman–Crippen LogP) is 2.70. The van der Waals surface area contributed by atoms with Crippen LogP contribution < -0.4 is 10.2 Å². The van der Waals surface area contributed by atoms with Crippen LogP contribution in [0, 0.1) is 0 Å². The van der Waals surface area contributed by atoms with Gasteiger partial charge in [0, 0.05) is 38.4 Å². The molecule has 0 aliphatic heterocycles. The lowest BCUT2D eigenvalue weighted by atomic mass is 10.2. The maximum Gasteiger partial charge on any atom is 0.245 e. The number of likely N-dealkylation sites (N-methyl/N-ethyl adjacent to an activating group) is 1. The summed E-state index contributed by atoms with van der Waals surface area (Å²) in [4.78, 5) is 15.5. The molecule has 0 radical (unpaired) electrons. The van der Waals surface area contributed by atoms with E-state index in [0.717, 1.165) is 24.2 Å². The third kappa shape index (κ3) is 4.00. The highest BCUT2D eigenvalue weighted by Crippen LogP contribution is 2.23. The van der Waals surface area contributed by atoms with Crippen LogP contribution in [0.2, 0.25) is 0 Å². The molecule has 3 heterocycles. The lowest BCUT2D eigenvalue weighted by Gasteiger charge is -2.20. The maximum absolute atomic E-state index is 4.77. The van der Waals surface area contributed by atoms with Gasteiger partial charge < -0.3 is 10.2 Å². The van der Waals surface area contributed by atoms with Gasteiger partial charge in [-0.1, -0.05) is 36.4 Å². The van der Waals surface area contributed by atoms with Crippen molar-refractivity contribution in [3.05, 3.63) is 66.0 Å². The van der Waals surface area contributed by atoms with Gasteiger partial charge in [0.25, 0.3) is 0 Å². The Kier molecular flexibility index (Phi) is 4.86. The molecule has 27 heavy (non-hydrogen) atoms. The van der Waals surface area contributed by atoms with Crippen LogP contribution in [0.5, 0.6) is 0 Å². The molecule has 0 spiro atoms. The SMILES string of the molecule is CN(CCc1ccccn1)c1nc2nonc2nc1NCc1ccccc1. The van der Waals surface area contributed by atoms with Gasteiger partial charge in [-0.2, -0.15) is 0 Å². The highest BCUT2D eigenvalue weighted by atomic mass is 16.6. The summed E-state index contributed by atoms with van der Waals surface area (Å²) in [6.07, 6.45) is 2.60. The predicted molar refractivity (Wildman–Crippen MR) is 102 cm³/mol. The Labute approximate surface area is 156 Å². The van der Waals surface area contributed by atoms with Gasteiger partial charge in [0.2, 0.25) is 11.3 Å². The molecule has 0 amide bonds. The van der Waals surface area contributed by atoms with Crippen LogP contribution in [0.3, 0.4) is 0 Å². The number of hydrogen-bond donors (Lipinski definition) is 1. The maximum atomic E-state index is 4.77. The monoisotopic (exact) mass is 361 g/mol. The molecule has 0 saturated heterocycles. The summed E-state index contributed by atoms with van der Waals surface area (Å²) in [5, 5.41) is 11.0. The van der Waals surface area contributed by atoms with Gasteiger partial charge in [0.05, 0.1) is 0 Å². The fourth-order valence-corrected chi connectivity index (χ4v) is 2.73. The van der Waals surface area contributed by atoms with Crippen molar-refractivity contribution < 1.29 is 4.63 Å². The minimum absolute atomic E-state index is 0.382. The van der Waals surface area contributed by atoms with Gasteiger partial charge in [-0.3, -0.25) is 4.98 Å². The Morgan fingerprint density at radius 3 is 2.52 bits per heavy atom. The molecule has 3 aromatic heterocycles. The minimum Gasteiger partial charge on any atom is -0.363 e. The van der Waals surface area contributed by atoms with E-state index in [4.69, 9.17) is 4.63 Å². The average Bonchev–Trinajstić information content (AvgIpc) is 3.19. The van der Waals surface area contributed by atoms with Crippen molar-refractivity contribution in [3.63, 3.8) is 0 Å². The van der Waals surface area contributed by atoms with Crippen molar-refractivity contribution in [2.24, 2.45) is 0 Å². The molecule has 0 fully saturated rings. The van der Waals surface area contributed by atoms with Crippen LogP contribution in [0.4, 0.5) is 11.6 Å². The van der Waals surface area contributed by atoms with Crippen LogP contribution in [-0.4, -0.2) is 38.9 Å². The summed E-state index contributed by atoms with van der Waals surface area (Å²) in [7, 11) is 1.97. The largest absolute Gasteiger partial charge is 0.363 e. The van der Waals surface area contributed by atoms with Crippen LogP contribution in [0.1, 0.15) is 11.3 Å². The lowest BCUT2D eigenvalue weighted by Crippen LogP contribution is -2.23. The molecule has 136 valence electrons. The van der Waals surface area contributed by atoms with Crippen LogP contribution in [0.25, 0.3) is 11.3 Å². The van der Waals surface area contributed by atoms with E-state index in [2.05, 4.69) is 42.7 Å². The minimum atomic E-state index is 0.382. The van der Waals surface area contributed by atoms with E-state index in [1.54, 1.807) is 6.20 Å². The lowest BCUT2D eigenvalue weighted by molar-refractivity contribution is 0.314. The van der Waals surface area contributed by atoms with Gasteiger partial charge in [0.1, 0.15) is 0 Å². The van der Waals surface area contributed by atoms with Crippen LogP contribution in [-0.2, 0) is 13.0 Å². The summed E-state index contributed by atoms with van der Waals surface area (Å²) < 4.78 is 4.77. The second-order valence-corrected chi connectivity index (χ2v) is 6.14. The molecular weight excluding hydrogens is 342 g/mol. The molecule has 4 rings (SSSR count). The van der Waals surface area contributed by atoms with E-state index >= 15 is 0 Å². The van der Waals surface area contributed by atoms with E-state index in [-0.39, 0.29) is 0 Å². The molecule has 0 bridgehead atoms. The summed E-state index contributed by atoms with van der Waals surface area (Å²) >= 11 is 0. The van der Waals surface area contributed by atoms with Gasteiger partial charge >= 0.3 is 0 Å². The van der Waals surface area contributed by atoms with Crippen molar-refractivity contribution in [1.29, 1.82) is 0 Å². The summed E-state index contributed by atoms with van der Waals surface area (Å²) in [5.41, 5.74) is 2.95. The third-order valence-electron chi connectivity index (χ3n) is 4.19. The number of fused-ring (bicyclic) bond motifs is 1. The number of rotatable bonds is 7. The molecular formula is C19H19N7O. The molecule has 4 aromatic rings. The fraction of sp³-hybridized carbons (Fsp3) is 0.211. The summed E-state index contributed by atoms with van der Waals surface area (Å²) in [5.74, 6) is 1.34. The summed E-state index contributed by atoms with van der Waals surface area (Å²) in [6, 6.07) is 16.0. The number of anilines is 2. The first-order chi connectivity index (χ1) is 13.3. The highest BCUT2D eigenvalue weighted by Gasteiger charge is 2.16. The zero-order valence-corrected chi connectivity index (χ0v) is 14.9. The van der Waals surface area contributed by atoms with Crippen molar-refractivity contribution >= 4 is 22.9 Å². The number of nitrogens with one attached hydrogen (secondary N) is 1. The third-order valence-corrected chi connectivity index (χ3v) is 4.19. The number of hydrogen-bond acceptors (Lipinski definition) is 8. The molecule has 1 N–H and O–H groups in total. The van der Waals surface area contributed by atoms with Crippen molar-refractivity contribution in [1.82, 2.24) is 25.3 Å². The first-order valence-electron chi connectivity index (χ1n) is 8.69. The van der Waals surface area contributed by atoms with E-state index in [1.165, 1.54) is 0 Å². The Bertz CT molecular complexity index is 1000. The zero-order valence-electron chi connectivity index (χ0n) is 14.9. The standard InChI is InChI=1S/C19H19N7O/c1-26(12-10-15-9-5-6-11-20-15)19-18(21-13-14-7-3-2-4-8-14)22-16-17(23-19)25-27-24-16/h2-9,11H,10,12-13H2,1H3,(H,21,22,24). The zero-order chi connectivity index (χ0) is 18.5. The van der Waals surface area contributed by atoms with Gasteiger partial charge in [-0.05, 0) is 28.0 Å². The topological polar surface area (TPSA) is 92.9 Å². The Morgan fingerprint density at radius 2 is 1.74 bits per heavy atom. The van der Waals surface area contributed by atoms with Crippen LogP contribution >= 0.6 is 0 Å². The Hall–Kier alpha value is -3.55. The highest BCUT2D eigenvalue weighted by molar-refractivity contribution is 5.73. The number of aromatic nitrogens is 5. The van der Waals surface area contributed by atoms with Crippen molar-refractivity contribution in [2.45, 2.75) is 13.0 Å². The number of nitrogens with zero attached hydrogens (tertiary/aromatic N) is 6. The molecule has 8 nitrogen and oxygen atoms in total. The molecule has 0 saturated carbocycles. The smallest absolute Gasteiger partial charge is 0.245 e. The van der Waals surface area contributed by atoms with Crippen molar-refractivity contribution in [3.8, 4) is 0 Å². The van der Waals surface area contributed by atoms with Gasteiger partial charge in [-0.15, -0.1) is 0 Å². The van der Waals surface area contributed by atoms with E-state index in [9.17, 15) is 0 Å². The normalized spacial score (nSPS) is 10.9. The number of benzene rings is 1. The van der Waals surface area contributed by atoms with Crippen molar-refractivity contribution in [2.75, 3.05) is 23.8 Å². The summed E-state index contributed by atoms with van der Waals surface area (Å²) in [6.45, 7) is 1.37. The average molecular weight is 361 g/mol. The quantitative estimate of drug-likeness (QED) is 0.537. The fourth-order valence-electron chi connectivity index (χ4n) is 2.73. The van der Waals surface area contributed by atoms with E-state index < -0.39 is 0 Å². The van der Waals surface area contributed by atoms with E-state index in [0.29, 0.717) is 29.5 Å². The second-order valence-electron chi connectivity index (χ2n) is 6.14. The molecule has 0 atom stereocenters. The Balaban J connectivity index is 1.55. The van der Waals surface area contributed by atoms with Crippen LogP contribution in [0.15, 0.2) is 59.4 Å². The molecule has 0 aliphatic rings. The first kappa shape index (κ1) is 16.9. The molecule has 0 unspecified atom stereocenters. The molecule has 1 aromatic carbocycles.